The Bertz CT molecular complexity index is 800. The maximum atomic E-state index is 11.4. The van der Waals surface area contributed by atoms with Crippen LogP contribution in [0.5, 0.6) is 0 Å². The summed E-state index contributed by atoms with van der Waals surface area (Å²) in [6, 6.07) is 9.04. The van der Waals surface area contributed by atoms with Gasteiger partial charge in [-0.3, -0.25) is 0 Å². The first-order valence-corrected chi connectivity index (χ1v) is 6.62. The Balaban J connectivity index is 2.14. The summed E-state index contributed by atoms with van der Waals surface area (Å²) < 4.78 is 1.58. The number of hydrogen-bond acceptors (Lipinski definition) is 5. The van der Waals surface area contributed by atoms with E-state index in [2.05, 4.69) is 15.1 Å². The van der Waals surface area contributed by atoms with E-state index >= 15 is 0 Å². The molecule has 20 heavy (non-hydrogen) atoms. The summed E-state index contributed by atoms with van der Waals surface area (Å²) in [4.78, 5) is 19.9. The number of para-hydroxylation sites is 1. The fourth-order valence-electron chi connectivity index (χ4n) is 1.79. The van der Waals surface area contributed by atoms with E-state index in [-0.39, 0.29) is 5.56 Å². The summed E-state index contributed by atoms with van der Waals surface area (Å²) in [7, 11) is 1.75. The lowest BCUT2D eigenvalue weighted by Gasteiger charge is -2.06. The summed E-state index contributed by atoms with van der Waals surface area (Å²) in [5, 5.41) is 15.1. The van der Waals surface area contributed by atoms with Crippen LogP contribution in [0.15, 0.2) is 46.8 Å². The van der Waals surface area contributed by atoms with Crippen LogP contribution in [0.1, 0.15) is 10.4 Å². The van der Waals surface area contributed by atoms with Gasteiger partial charge in [0.05, 0.1) is 11.1 Å². The van der Waals surface area contributed by atoms with E-state index in [1.165, 1.54) is 18.1 Å². The van der Waals surface area contributed by atoms with E-state index in [9.17, 15) is 9.90 Å². The van der Waals surface area contributed by atoms with Crippen LogP contribution in [-0.4, -0.2) is 30.8 Å². The van der Waals surface area contributed by atoms with E-state index < -0.39 is 5.97 Å². The number of carboxylic acids is 1. The van der Waals surface area contributed by atoms with E-state index in [4.69, 9.17) is 0 Å². The maximum absolute atomic E-state index is 11.4. The summed E-state index contributed by atoms with van der Waals surface area (Å²) in [6.45, 7) is 0. The Morgan fingerprint density at radius 3 is 2.85 bits per heavy atom. The maximum Gasteiger partial charge on any atom is 0.338 e. The first-order valence-electron chi connectivity index (χ1n) is 5.80. The van der Waals surface area contributed by atoms with Crippen molar-refractivity contribution in [1.82, 2.24) is 19.7 Å². The van der Waals surface area contributed by atoms with Gasteiger partial charge in [-0.2, -0.15) is 5.10 Å². The van der Waals surface area contributed by atoms with Gasteiger partial charge in [0.15, 0.2) is 5.16 Å². The summed E-state index contributed by atoms with van der Waals surface area (Å²) in [5.41, 5.74) is 0.916. The molecule has 0 aliphatic carbocycles. The predicted octanol–water partition coefficient (Wildman–Crippen LogP) is 2.21. The number of benzene rings is 1. The minimum Gasteiger partial charge on any atom is -0.478 e. The highest BCUT2D eigenvalue weighted by Gasteiger charge is 2.16. The first-order chi connectivity index (χ1) is 9.65. The Morgan fingerprint density at radius 2 is 2.15 bits per heavy atom. The number of aromatic carboxylic acids is 1. The fourth-order valence-corrected chi connectivity index (χ4v) is 2.65. The number of aryl methyl sites for hydroxylation is 1. The highest BCUT2D eigenvalue weighted by molar-refractivity contribution is 7.99. The molecule has 6 nitrogen and oxygen atoms in total. The lowest BCUT2D eigenvalue weighted by molar-refractivity contribution is 0.0692. The highest BCUT2D eigenvalue weighted by atomic mass is 32.2. The molecule has 1 N–H and O–H groups in total. The Kier molecular flexibility index (Phi) is 3.11. The van der Waals surface area contributed by atoms with Crippen molar-refractivity contribution in [3.05, 3.63) is 42.2 Å². The van der Waals surface area contributed by atoms with E-state index in [0.29, 0.717) is 10.2 Å². The zero-order chi connectivity index (χ0) is 14.1. The summed E-state index contributed by atoms with van der Waals surface area (Å²) in [5.74, 6) is -1.01. The molecule has 0 aliphatic heterocycles. The molecule has 0 atom stereocenters. The van der Waals surface area contributed by atoms with Crippen molar-refractivity contribution in [2.75, 3.05) is 0 Å². The van der Waals surface area contributed by atoms with Crippen molar-refractivity contribution < 1.29 is 9.90 Å². The van der Waals surface area contributed by atoms with Gasteiger partial charge >= 0.3 is 5.97 Å². The number of rotatable bonds is 3. The quantitative estimate of drug-likeness (QED) is 0.795. The second-order valence-electron chi connectivity index (χ2n) is 4.11. The molecule has 0 spiro atoms. The minimum atomic E-state index is -1.01. The van der Waals surface area contributed by atoms with Crippen LogP contribution in [0, 0.1) is 0 Å². The predicted molar refractivity (Wildman–Crippen MR) is 73.8 cm³/mol. The zero-order valence-electron chi connectivity index (χ0n) is 10.5. The fraction of sp³-hybridized carbons (Fsp3) is 0.0769. The topological polar surface area (TPSA) is 80.9 Å². The van der Waals surface area contributed by atoms with Gasteiger partial charge in [0.2, 0.25) is 0 Å². The van der Waals surface area contributed by atoms with Gasteiger partial charge in [-0.15, -0.1) is 0 Å². The molecule has 2 aromatic heterocycles. The molecule has 100 valence electrons. The molecule has 0 unspecified atom stereocenters. The van der Waals surface area contributed by atoms with Crippen molar-refractivity contribution in [2.45, 2.75) is 10.2 Å². The van der Waals surface area contributed by atoms with E-state index in [0.717, 1.165) is 10.9 Å². The van der Waals surface area contributed by atoms with Gasteiger partial charge in [-0.05, 0) is 23.9 Å². The van der Waals surface area contributed by atoms with Gasteiger partial charge in [-0.1, -0.05) is 18.2 Å². The third-order valence-electron chi connectivity index (χ3n) is 2.78. The number of carboxylic acid groups (broad SMARTS) is 1. The number of nitrogens with zero attached hydrogens (tertiary/aromatic N) is 4. The molecule has 0 amide bonds. The molecule has 0 saturated heterocycles. The van der Waals surface area contributed by atoms with Crippen LogP contribution < -0.4 is 0 Å². The van der Waals surface area contributed by atoms with Crippen molar-refractivity contribution in [3.8, 4) is 0 Å². The Hall–Kier alpha value is -2.41. The SMILES string of the molecule is Cn1ncnc1Sc1nc2ccccc2cc1C(=O)O. The number of pyridine rings is 1. The van der Waals surface area contributed by atoms with Crippen LogP contribution >= 0.6 is 11.8 Å². The third-order valence-corrected chi connectivity index (χ3v) is 3.83. The molecular formula is C13H10N4O2S. The van der Waals surface area contributed by atoms with E-state index in [1.807, 2.05) is 24.3 Å². The molecule has 3 aromatic rings. The minimum absolute atomic E-state index is 0.164. The first kappa shape index (κ1) is 12.6. The van der Waals surface area contributed by atoms with Crippen LogP contribution in [0.4, 0.5) is 0 Å². The average Bonchev–Trinajstić information content (AvgIpc) is 2.83. The normalized spacial score (nSPS) is 10.8. The monoisotopic (exact) mass is 286 g/mol. The summed E-state index contributed by atoms with van der Waals surface area (Å²) in [6.07, 6.45) is 1.42. The molecule has 2 heterocycles. The molecule has 0 bridgehead atoms. The zero-order valence-corrected chi connectivity index (χ0v) is 11.3. The summed E-state index contributed by atoms with van der Waals surface area (Å²) >= 11 is 1.19. The smallest absolute Gasteiger partial charge is 0.338 e. The molecule has 0 fully saturated rings. The van der Waals surface area contributed by atoms with Gasteiger partial charge in [-0.25, -0.2) is 19.4 Å². The van der Waals surface area contributed by atoms with E-state index in [1.54, 1.807) is 17.8 Å². The lowest BCUT2D eigenvalue weighted by atomic mass is 10.1. The standard InChI is InChI=1S/C13H10N4O2S/c1-17-13(14-7-15-17)20-11-9(12(18)19)6-8-4-2-3-5-10(8)16-11/h2-7H,1H3,(H,18,19). The number of aromatic nitrogens is 4. The van der Waals surface area contributed by atoms with Crippen LogP contribution in [0.2, 0.25) is 0 Å². The van der Waals surface area contributed by atoms with Crippen molar-refractivity contribution >= 4 is 28.6 Å². The lowest BCUT2D eigenvalue weighted by Crippen LogP contribution is -2.02. The van der Waals surface area contributed by atoms with Gasteiger partial charge in [0.25, 0.3) is 0 Å². The van der Waals surface area contributed by atoms with Gasteiger partial charge in [0.1, 0.15) is 11.4 Å². The molecule has 0 aliphatic rings. The van der Waals surface area contributed by atoms with Crippen LogP contribution in [-0.2, 0) is 7.05 Å². The second kappa shape index (κ2) is 4.93. The van der Waals surface area contributed by atoms with Gasteiger partial charge in [0, 0.05) is 12.4 Å². The molecular weight excluding hydrogens is 276 g/mol. The molecule has 7 heteroatoms. The van der Waals surface area contributed by atoms with Crippen LogP contribution in [0.25, 0.3) is 10.9 Å². The number of hydrogen-bond donors (Lipinski definition) is 1. The largest absolute Gasteiger partial charge is 0.478 e. The molecule has 3 rings (SSSR count). The molecule has 0 radical (unpaired) electrons. The van der Waals surface area contributed by atoms with Gasteiger partial charge < -0.3 is 5.11 Å². The molecule has 0 saturated carbocycles. The highest BCUT2D eigenvalue weighted by Crippen LogP contribution is 2.29. The van der Waals surface area contributed by atoms with Crippen molar-refractivity contribution in [3.63, 3.8) is 0 Å². The van der Waals surface area contributed by atoms with Crippen LogP contribution in [0.3, 0.4) is 0 Å². The number of carbonyl (C=O) groups is 1. The van der Waals surface area contributed by atoms with Crippen molar-refractivity contribution in [1.29, 1.82) is 0 Å². The third kappa shape index (κ3) is 2.23. The average molecular weight is 286 g/mol. The Morgan fingerprint density at radius 1 is 1.35 bits per heavy atom. The molecule has 1 aromatic carbocycles. The Labute approximate surface area is 118 Å². The van der Waals surface area contributed by atoms with Crippen molar-refractivity contribution in [2.24, 2.45) is 7.05 Å². The number of fused-ring (bicyclic) bond motifs is 1. The second-order valence-corrected chi connectivity index (χ2v) is 5.06.